The normalized spacial score (nSPS) is 27.5. The number of fused-ring (bicyclic) bond motifs is 1. The molecule has 2 rings (SSSR count). The van der Waals surface area contributed by atoms with Gasteiger partial charge in [0.15, 0.2) is 0 Å². The molecule has 1 aliphatic heterocycles. The summed E-state index contributed by atoms with van der Waals surface area (Å²) in [7, 11) is 0. The highest BCUT2D eigenvalue weighted by Crippen LogP contribution is 2.52. The molecule has 2 amide bonds. The molecule has 0 spiro atoms. The van der Waals surface area contributed by atoms with Crippen molar-refractivity contribution in [3.63, 3.8) is 0 Å². The van der Waals surface area contributed by atoms with Gasteiger partial charge in [-0.15, -0.1) is 0 Å². The Kier molecular flexibility index (Phi) is 4.10. The van der Waals surface area contributed by atoms with E-state index in [0.717, 1.165) is 13.8 Å². The van der Waals surface area contributed by atoms with Crippen molar-refractivity contribution < 1.29 is 27.5 Å². The topological polar surface area (TPSA) is 58.6 Å². The van der Waals surface area contributed by atoms with Crippen LogP contribution in [0.4, 0.5) is 18.0 Å². The van der Waals surface area contributed by atoms with Gasteiger partial charge < -0.3 is 15.0 Å². The van der Waals surface area contributed by atoms with Gasteiger partial charge in [0.2, 0.25) is 5.91 Å². The van der Waals surface area contributed by atoms with E-state index >= 15 is 0 Å². The number of halogens is 3. The van der Waals surface area contributed by atoms with Gasteiger partial charge in [-0.3, -0.25) is 4.79 Å². The second-order valence-electron chi connectivity index (χ2n) is 7.85. The molecule has 2 fully saturated rings. The molecular weight excluding hydrogens is 313 g/mol. The molecule has 1 aliphatic carbocycles. The van der Waals surface area contributed by atoms with E-state index in [1.807, 2.05) is 0 Å². The molecule has 5 nitrogen and oxygen atoms in total. The third-order valence-corrected chi connectivity index (χ3v) is 4.29. The maximum Gasteiger partial charge on any atom is 0.410 e. The van der Waals surface area contributed by atoms with Crippen molar-refractivity contribution in [3.05, 3.63) is 0 Å². The summed E-state index contributed by atoms with van der Waals surface area (Å²) in [6.07, 6.45) is -4.95. The number of likely N-dealkylation sites (tertiary alicyclic amines) is 1. The summed E-state index contributed by atoms with van der Waals surface area (Å²) in [5.41, 5.74) is -2.86. The molecular formula is C15H23F3N2O3. The highest BCUT2D eigenvalue weighted by atomic mass is 19.4. The summed E-state index contributed by atoms with van der Waals surface area (Å²) < 4.78 is 43.7. The number of piperidine rings is 1. The first-order valence-corrected chi connectivity index (χ1v) is 7.59. The molecule has 0 aromatic rings. The third-order valence-electron chi connectivity index (χ3n) is 4.29. The molecule has 2 aliphatic rings. The maximum atomic E-state index is 12.8. The van der Waals surface area contributed by atoms with Gasteiger partial charge in [-0.25, -0.2) is 4.79 Å². The number of carbonyl (C=O) groups is 2. The number of rotatable bonds is 2. The molecule has 1 heterocycles. The van der Waals surface area contributed by atoms with Gasteiger partial charge in [-0.2, -0.15) is 13.2 Å². The number of nitrogens with one attached hydrogen (secondary N) is 1. The van der Waals surface area contributed by atoms with E-state index in [1.54, 1.807) is 20.8 Å². The van der Waals surface area contributed by atoms with Gasteiger partial charge in [-0.1, -0.05) is 0 Å². The van der Waals surface area contributed by atoms with Crippen LogP contribution in [0.1, 0.15) is 34.6 Å². The monoisotopic (exact) mass is 336 g/mol. The Balaban J connectivity index is 1.86. The van der Waals surface area contributed by atoms with Crippen molar-refractivity contribution in [1.29, 1.82) is 0 Å². The first-order valence-electron chi connectivity index (χ1n) is 7.59. The van der Waals surface area contributed by atoms with Crippen LogP contribution < -0.4 is 5.32 Å². The van der Waals surface area contributed by atoms with Crippen molar-refractivity contribution in [1.82, 2.24) is 10.2 Å². The van der Waals surface area contributed by atoms with Gasteiger partial charge in [-0.05, 0) is 46.5 Å². The molecule has 0 bridgehead atoms. The average molecular weight is 336 g/mol. The van der Waals surface area contributed by atoms with E-state index in [2.05, 4.69) is 5.32 Å². The lowest BCUT2D eigenvalue weighted by atomic mass is 10.0. The fourth-order valence-electron chi connectivity index (χ4n) is 2.85. The summed E-state index contributed by atoms with van der Waals surface area (Å²) in [5.74, 6) is -1.19. The van der Waals surface area contributed by atoms with Crippen molar-refractivity contribution in [3.8, 4) is 0 Å². The molecule has 0 aromatic heterocycles. The van der Waals surface area contributed by atoms with E-state index in [0.29, 0.717) is 13.1 Å². The van der Waals surface area contributed by atoms with Crippen LogP contribution in [-0.4, -0.2) is 47.3 Å². The fourth-order valence-corrected chi connectivity index (χ4v) is 2.85. The predicted molar refractivity (Wildman–Crippen MR) is 76.6 cm³/mol. The van der Waals surface area contributed by atoms with E-state index < -0.39 is 35.2 Å². The van der Waals surface area contributed by atoms with E-state index in [1.165, 1.54) is 4.90 Å². The number of amides is 2. The number of ether oxygens (including phenoxy) is 1. The number of nitrogens with zero attached hydrogens (tertiary/aromatic N) is 1. The smallest absolute Gasteiger partial charge is 0.410 e. The van der Waals surface area contributed by atoms with Gasteiger partial charge >= 0.3 is 12.3 Å². The van der Waals surface area contributed by atoms with E-state index in [4.69, 9.17) is 4.74 Å². The molecule has 1 saturated heterocycles. The lowest BCUT2D eigenvalue weighted by Gasteiger charge is -2.30. The molecule has 1 saturated carbocycles. The standard InChI is InChI=1S/C15H23F3N2O3/c1-13(2,3)23-12(22)20-6-8-9(7-20)10(8)11(21)19-14(4,5)15(16,17)18/h8-10H,6-7H2,1-5H3,(H,19,21)/t8-,9+,10?. The first kappa shape index (κ1) is 17.9. The maximum absolute atomic E-state index is 12.8. The summed E-state index contributed by atoms with van der Waals surface area (Å²) >= 11 is 0. The molecule has 8 heteroatoms. The van der Waals surface area contributed by atoms with Crippen molar-refractivity contribution >= 4 is 12.0 Å². The van der Waals surface area contributed by atoms with Gasteiger partial charge in [0.25, 0.3) is 0 Å². The van der Waals surface area contributed by atoms with E-state index in [9.17, 15) is 22.8 Å². The fraction of sp³-hybridized carbons (Fsp3) is 0.867. The SMILES string of the molecule is CC(C)(C)OC(=O)N1C[C@@H]2C(C(=O)NC(C)(C)C(F)(F)F)[C@@H]2C1. The Morgan fingerprint density at radius 3 is 1.91 bits per heavy atom. The molecule has 1 N–H and O–H groups in total. The molecule has 3 atom stereocenters. The zero-order chi connectivity index (χ0) is 17.8. The van der Waals surface area contributed by atoms with Crippen molar-refractivity contribution in [2.75, 3.05) is 13.1 Å². The van der Waals surface area contributed by atoms with Crippen LogP contribution in [0.2, 0.25) is 0 Å². The van der Waals surface area contributed by atoms with E-state index in [-0.39, 0.29) is 11.8 Å². The number of alkyl halides is 3. The third kappa shape index (κ3) is 3.72. The average Bonchev–Trinajstić information content (AvgIpc) is 2.80. The largest absolute Gasteiger partial charge is 0.444 e. The minimum Gasteiger partial charge on any atom is -0.444 e. The summed E-state index contributed by atoms with van der Waals surface area (Å²) in [5, 5.41) is 2.07. The van der Waals surface area contributed by atoms with Gasteiger partial charge in [0.05, 0.1) is 0 Å². The summed E-state index contributed by atoms with van der Waals surface area (Å²) in [4.78, 5) is 25.5. The number of hydrogen-bond acceptors (Lipinski definition) is 3. The Morgan fingerprint density at radius 1 is 1.04 bits per heavy atom. The second kappa shape index (κ2) is 5.27. The predicted octanol–water partition coefficient (Wildman–Crippen LogP) is 2.56. The summed E-state index contributed by atoms with van der Waals surface area (Å²) in [6, 6.07) is 0. The molecule has 1 unspecified atom stereocenters. The quantitative estimate of drug-likeness (QED) is 0.843. The molecule has 23 heavy (non-hydrogen) atoms. The van der Waals surface area contributed by atoms with Crippen LogP contribution in [0, 0.1) is 17.8 Å². The van der Waals surface area contributed by atoms with Gasteiger partial charge in [0, 0.05) is 19.0 Å². The van der Waals surface area contributed by atoms with Crippen LogP contribution in [0.3, 0.4) is 0 Å². The highest BCUT2D eigenvalue weighted by Gasteiger charge is 2.62. The number of hydrogen-bond donors (Lipinski definition) is 1. The lowest BCUT2D eigenvalue weighted by Crippen LogP contribution is -2.55. The Hall–Kier alpha value is -1.47. The first-order chi connectivity index (χ1) is 10.2. The van der Waals surface area contributed by atoms with Crippen LogP contribution >= 0.6 is 0 Å². The Morgan fingerprint density at radius 2 is 1.52 bits per heavy atom. The molecule has 0 radical (unpaired) electrons. The van der Waals surface area contributed by atoms with Crippen LogP contribution in [-0.2, 0) is 9.53 Å². The molecule has 0 aromatic carbocycles. The highest BCUT2D eigenvalue weighted by molar-refractivity contribution is 5.84. The molecule has 132 valence electrons. The minimum absolute atomic E-state index is 0.0773. The van der Waals surface area contributed by atoms with Crippen molar-refractivity contribution in [2.24, 2.45) is 17.8 Å². The second-order valence-corrected chi connectivity index (χ2v) is 7.85. The zero-order valence-corrected chi connectivity index (χ0v) is 14.0. The van der Waals surface area contributed by atoms with Crippen LogP contribution in [0.25, 0.3) is 0 Å². The van der Waals surface area contributed by atoms with Gasteiger partial charge in [0.1, 0.15) is 11.1 Å². The summed E-state index contributed by atoms with van der Waals surface area (Å²) in [6.45, 7) is 7.87. The Labute approximate surface area is 133 Å². The number of carbonyl (C=O) groups excluding carboxylic acids is 2. The minimum atomic E-state index is -4.50. The Bertz CT molecular complexity index is 499. The van der Waals surface area contributed by atoms with Crippen molar-refractivity contribution in [2.45, 2.75) is 51.9 Å². The zero-order valence-electron chi connectivity index (χ0n) is 14.0. The van der Waals surface area contributed by atoms with Crippen LogP contribution in [0.15, 0.2) is 0 Å². The lowest BCUT2D eigenvalue weighted by molar-refractivity contribution is -0.188. The van der Waals surface area contributed by atoms with Crippen LogP contribution in [0.5, 0.6) is 0 Å².